The summed E-state index contributed by atoms with van der Waals surface area (Å²) < 4.78 is 6.98. The normalized spacial score (nSPS) is 10.4. The fourth-order valence-corrected chi connectivity index (χ4v) is 3.09. The minimum Gasteiger partial charge on any atom is -0.478 e. The number of aryl methyl sites for hydroxylation is 1. The summed E-state index contributed by atoms with van der Waals surface area (Å²) in [5.74, 6) is 0.804. The highest BCUT2D eigenvalue weighted by Crippen LogP contribution is 2.27. The Kier molecular flexibility index (Phi) is 7.03. The molecule has 0 aliphatic carbocycles. The molecule has 4 nitrogen and oxygen atoms in total. The van der Waals surface area contributed by atoms with Crippen molar-refractivity contribution in [1.29, 1.82) is 0 Å². The van der Waals surface area contributed by atoms with Crippen LogP contribution in [-0.4, -0.2) is 11.1 Å². The molecule has 0 saturated heterocycles. The minimum absolute atomic E-state index is 0. The molecule has 3 rings (SSSR count). The molecule has 0 bridgehead atoms. The van der Waals surface area contributed by atoms with Crippen molar-refractivity contribution in [2.45, 2.75) is 20.0 Å². The molecule has 0 fully saturated rings. The van der Waals surface area contributed by atoms with Gasteiger partial charge in [0.15, 0.2) is 0 Å². The maximum absolute atomic E-state index is 10.8. The number of furan rings is 1. The van der Waals surface area contributed by atoms with Crippen molar-refractivity contribution in [3.63, 3.8) is 0 Å². The van der Waals surface area contributed by atoms with Crippen LogP contribution in [-0.2, 0) is 13.1 Å². The van der Waals surface area contributed by atoms with E-state index in [1.165, 1.54) is 0 Å². The van der Waals surface area contributed by atoms with Crippen LogP contribution in [0, 0.1) is 6.92 Å². The van der Waals surface area contributed by atoms with Gasteiger partial charge in [-0.3, -0.25) is 0 Å². The lowest BCUT2D eigenvalue weighted by Gasteiger charge is -2.05. The van der Waals surface area contributed by atoms with Crippen molar-refractivity contribution in [1.82, 2.24) is 5.32 Å². The zero-order chi connectivity index (χ0) is 17.8. The van der Waals surface area contributed by atoms with E-state index >= 15 is 0 Å². The van der Waals surface area contributed by atoms with Gasteiger partial charge in [-0.15, -0.1) is 12.4 Å². The van der Waals surface area contributed by atoms with Gasteiger partial charge in [0.1, 0.15) is 11.5 Å². The van der Waals surface area contributed by atoms with Gasteiger partial charge in [0.05, 0.1) is 12.1 Å². The summed E-state index contributed by atoms with van der Waals surface area (Å²) in [6.07, 6.45) is 0. The van der Waals surface area contributed by atoms with Crippen molar-refractivity contribution < 1.29 is 14.3 Å². The minimum atomic E-state index is -0.911. The van der Waals surface area contributed by atoms with Gasteiger partial charge in [-0.2, -0.15) is 0 Å². The van der Waals surface area contributed by atoms with E-state index in [4.69, 9.17) is 9.52 Å². The average molecular weight is 437 g/mol. The van der Waals surface area contributed by atoms with Crippen LogP contribution in [0.5, 0.6) is 0 Å². The molecule has 1 heterocycles. The van der Waals surface area contributed by atoms with Crippen LogP contribution in [0.2, 0.25) is 0 Å². The smallest absolute Gasteiger partial charge is 0.335 e. The van der Waals surface area contributed by atoms with Crippen molar-refractivity contribution in [3.8, 4) is 11.3 Å². The van der Waals surface area contributed by atoms with E-state index in [0.717, 1.165) is 32.7 Å². The van der Waals surface area contributed by atoms with E-state index in [1.807, 2.05) is 36.4 Å². The van der Waals surface area contributed by atoms with Gasteiger partial charge < -0.3 is 14.8 Å². The maximum Gasteiger partial charge on any atom is 0.335 e. The first kappa shape index (κ1) is 20.2. The van der Waals surface area contributed by atoms with Crippen LogP contribution in [0.25, 0.3) is 11.3 Å². The Labute approximate surface area is 166 Å². The molecule has 0 unspecified atom stereocenters. The predicted octanol–water partition coefficient (Wildman–Crippen LogP) is 5.43. The first-order valence-electron chi connectivity index (χ1n) is 7.91. The standard InChI is InChI=1S/C20H18BrNO3.ClH/c1-13-10-16(21)6-8-18(13)19-9-7-17(25-19)12-22-11-14-2-4-15(5-3-14)20(23)24;/h2-10,22H,11-12H2,1H3,(H,23,24);1H. The monoisotopic (exact) mass is 435 g/mol. The van der Waals surface area contributed by atoms with E-state index in [2.05, 4.69) is 34.2 Å². The zero-order valence-electron chi connectivity index (χ0n) is 14.2. The topological polar surface area (TPSA) is 62.5 Å². The van der Waals surface area contributed by atoms with E-state index in [-0.39, 0.29) is 12.4 Å². The number of rotatable bonds is 6. The van der Waals surface area contributed by atoms with E-state index in [0.29, 0.717) is 18.7 Å². The summed E-state index contributed by atoms with van der Waals surface area (Å²) in [4.78, 5) is 10.8. The third kappa shape index (κ3) is 4.97. The first-order valence-corrected chi connectivity index (χ1v) is 8.70. The molecule has 2 aromatic carbocycles. The molecule has 0 amide bonds. The quantitative estimate of drug-likeness (QED) is 0.541. The van der Waals surface area contributed by atoms with E-state index in [1.54, 1.807) is 12.1 Å². The van der Waals surface area contributed by atoms with Crippen LogP contribution < -0.4 is 5.32 Å². The van der Waals surface area contributed by atoms with Gasteiger partial charge in [0, 0.05) is 16.6 Å². The highest BCUT2D eigenvalue weighted by atomic mass is 79.9. The molecule has 2 N–H and O–H groups in total. The number of carboxylic acids is 1. The fourth-order valence-electron chi connectivity index (χ4n) is 2.62. The largest absolute Gasteiger partial charge is 0.478 e. The van der Waals surface area contributed by atoms with Crippen LogP contribution in [0.3, 0.4) is 0 Å². The molecule has 0 spiro atoms. The molecule has 3 aromatic rings. The third-order valence-corrected chi connectivity index (χ3v) is 4.44. The number of hydrogen-bond acceptors (Lipinski definition) is 3. The van der Waals surface area contributed by atoms with Gasteiger partial charge in [0.2, 0.25) is 0 Å². The van der Waals surface area contributed by atoms with Crippen molar-refractivity contribution in [2.75, 3.05) is 0 Å². The number of benzene rings is 2. The molecule has 0 atom stereocenters. The second-order valence-corrected chi connectivity index (χ2v) is 6.75. The molecular formula is C20H19BrClNO3. The molecule has 1 aromatic heterocycles. The van der Waals surface area contributed by atoms with Crippen molar-refractivity contribution in [2.24, 2.45) is 0 Å². The van der Waals surface area contributed by atoms with Gasteiger partial charge >= 0.3 is 5.97 Å². The Bertz CT molecular complexity index is 890. The summed E-state index contributed by atoms with van der Waals surface area (Å²) in [6.45, 7) is 3.31. The van der Waals surface area contributed by atoms with E-state index in [9.17, 15) is 4.79 Å². The Morgan fingerprint density at radius 1 is 1.08 bits per heavy atom. The maximum atomic E-state index is 10.8. The number of hydrogen-bond donors (Lipinski definition) is 2. The molecule has 6 heteroatoms. The lowest BCUT2D eigenvalue weighted by Crippen LogP contribution is -2.12. The highest BCUT2D eigenvalue weighted by molar-refractivity contribution is 9.10. The molecule has 0 aliphatic heterocycles. The zero-order valence-corrected chi connectivity index (χ0v) is 16.6. The van der Waals surface area contributed by atoms with Gasteiger partial charge in [-0.25, -0.2) is 4.79 Å². The Morgan fingerprint density at radius 3 is 2.46 bits per heavy atom. The third-order valence-electron chi connectivity index (χ3n) is 3.94. The van der Waals surface area contributed by atoms with Gasteiger partial charge in [-0.05, 0) is 60.5 Å². The van der Waals surface area contributed by atoms with Crippen molar-refractivity contribution in [3.05, 3.63) is 81.5 Å². The molecular weight excluding hydrogens is 418 g/mol. The Morgan fingerprint density at radius 2 is 1.81 bits per heavy atom. The summed E-state index contributed by atoms with van der Waals surface area (Å²) in [6, 6.07) is 16.9. The molecule has 0 aliphatic rings. The molecule has 0 radical (unpaired) electrons. The summed E-state index contributed by atoms with van der Waals surface area (Å²) in [7, 11) is 0. The fraction of sp³-hybridized carbons (Fsp3) is 0.150. The van der Waals surface area contributed by atoms with Crippen molar-refractivity contribution >= 4 is 34.3 Å². The van der Waals surface area contributed by atoms with Crippen LogP contribution in [0.15, 0.2) is 63.5 Å². The molecule has 136 valence electrons. The number of carboxylic acid groups (broad SMARTS) is 1. The first-order chi connectivity index (χ1) is 12.0. The highest BCUT2D eigenvalue weighted by Gasteiger charge is 2.08. The van der Waals surface area contributed by atoms with Gasteiger partial charge in [0.25, 0.3) is 0 Å². The number of halogens is 2. The second-order valence-electron chi connectivity index (χ2n) is 5.83. The number of carbonyl (C=O) groups is 1. The summed E-state index contributed by atoms with van der Waals surface area (Å²) in [5.41, 5.74) is 3.56. The predicted molar refractivity (Wildman–Crippen MR) is 108 cm³/mol. The van der Waals surface area contributed by atoms with Crippen LogP contribution in [0.1, 0.15) is 27.2 Å². The number of aromatic carboxylic acids is 1. The lowest BCUT2D eigenvalue weighted by atomic mass is 10.1. The SMILES string of the molecule is Cc1cc(Br)ccc1-c1ccc(CNCc2ccc(C(=O)O)cc2)o1.Cl. The summed E-state index contributed by atoms with van der Waals surface area (Å²) in [5, 5.41) is 12.2. The second kappa shape index (κ2) is 9.03. The Balaban J connectivity index is 0.00000243. The Hall–Kier alpha value is -2.08. The van der Waals surface area contributed by atoms with E-state index < -0.39 is 5.97 Å². The summed E-state index contributed by atoms with van der Waals surface area (Å²) >= 11 is 3.47. The van der Waals surface area contributed by atoms with Crippen LogP contribution >= 0.6 is 28.3 Å². The number of nitrogens with one attached hydrogen (secondary N) is 1. The lowest BCUT2D eigenvalue weighted by molar-refractivity contribution is 0.0697. The average Bonchev–Trinajstić information content (AvgIpc) is 3.04. The molecule has 0 saturated carbocycles. The molecule has 26 heavy (non-hydrogen) atoms. The van der Waals surface area contributed by atoms with Gasteiger partial charge in [-0.1, -0.05) is 28.1 Å². The van der Waals surface area contributed by atoms with Crippen LogP contribution in [0.4, 0.5) is 0 Å².